The highest BCUT2D eigenvalue weighted by Gasteiger charge is 2.30. The molecule has 0 saturated carbocycles. The maximum Gasteiger partial charge on any atom is -0.00857 e. The summed E-state index contributed by atoms with van der Waals surface area (Å²) in [5, 5.41) is 0. The molecule has 0 saturated heterocycles. The molecule has 30 heavy (non-hydrogen) atoms. The Labute approximate surface area is 190 Å². The zero-order chi connectivity index (χ0) is 23.7. The van der Waals surface area contributed by atoms with Gasteiger partial charge in [0.2, 0.25) is 0 Å². The molecule has 2 N–H and O–H groups in total. The second-order valence-electron chi connectivity index (χ2n) is 8.30. The monoisotopic (exact) mass is 415 g/mol. The molecular formula is C29H53N. The maximum absolute atomic E-state index is 4.50. The van der Waals surface area contributed by atoms with Crippen LogP contribution in [0.25, 0.3) is 0 Å². The van der Waals surface area contributed by atoms with Crippen LogP contribution in [-0.2, 0) is 12.8 Å². The van der Waals surface area contributed by atoms with Crippen LogP contribution in [0.15, 0.2) is 36.9 Å². The molecule has 0 fully saturated rings. The number of hydrogen-bond acceptors (Lipinski definition) is 1. The Hall–Kier alpha value is -1.34. The zero-order valence-corrected chi connectivity index (χ0v) is 21.9. The van der Waals surface area contributed by atoms with E-state index in [1.807, 2.05) is 13.8 Å². The molecule has 2 atom stereocenters. The predicted molar refractivity (Wildman–Crippen MR) is 141 cm³/mol. The van der Waals surface area contributed by atoms with Crippen molar-refractivity contribution in [2.45, 2.75) is 106 Å². The summed E-state index contributed by atoms with van der Waals surface area (Å²) < 4.78 is 0. The van der Waals surface area contributed by atoms with Crippen molar-refractivity contribution >= 4 is 0 Å². The van der Waals surface area contributed by atoms with Crippen molar-refractivity contribution in [3.8, 4) is 0 Å². The maximum atomic E-state index is 4.50. The highest BCUT2D eigenvalue weighted by molar-refractivity contribution is 5.43. The highest BCUT2D eigenvalue weighted by Crippen LogP contribution is 2.44. The van der Waals surface area contributed by atoms with E-state index in [4.69, 9.17) is 0 Å². The summed E-state index contributed by atoms with van der Waals surface area (Å²) in [6.45, 7) is 24.1. The minimum Gasteiger partial charge on any atom is -0.333 e. The SMILES string of the molecule is C=C.CC.CCCCCc1cc(C)c(C2CC(C)=CCC2C(C)C)c(CC)c1.CN. The van der Waals surface area contributed by atoms with Gasteiger partial charge in [-0.05, 0) is 93.0 Å². The van der Waals surface area contributed by atoms with E-state index in [-0.39, 0.29) is 0 Å². The van der Waals surface area contributed by atoms with Crippen LogP contribution in [-0.4, -0.2) is 7.05 Å². The normalized spacial score (nSPS) is 17.5. The van der Waals surface area contributed by atoms with Gasteiger partial charge in [0.1, 0.15) is 0 Å². The van der Waals surface area contributed by atoms with Crippen LogP contribution in [0.2, 0.25) is 0 Å². The van der Waals surface area contributed by atoms with Gasteiger partial charge in [-0.15, -0.1) is 13.2 Å². The number of unbranched alkanes of at least 4 members (excludes halogenated alkanes) is 2. The van der Waals surface area contributed by atoms with Gasteiger partial charge >= 0.3 is 0 Å². The van der Waals surface area contributed by atoms with E-state index in [0.717, 1.165) is 17.8 Å². The molecule has 0 radical (unpaired) electrons. The number of allylic oxidation sites excluding steroid dienone is 2. The van der Waals surface area contributed by atoms with Gasteiger partial charge in [-0.25, -0.2) is 0 Å². The zero-order valence-electron chi connectivity index (χ0n) is 21.9. The van der Waals surface area contributed by atoms with E-state index in [0.29, 0.717) is 0 Å². The van der Waals surface area contributed by atoms with Crippen molar-refractivity contribution < 1.29 is 0 Å². The largest absolute Gasteiger partial charge is 0.333 e. The molecule has 0 aromatic heterocycles. The van der Waals surface area contributed by atoms with Crippen molar-refractivity contribution in [3.63, 3.8) is 0 Å². The molecule has 0 bridgehead atoms. The fraction of sp³-hybridized carbons (Fsp3) is 0.655. The lowest BCUT2D eigenvalue weighted by atomic mass is 9.69. The minimum atomic E-state index is 0.717. The molecule has 1 aliphatic rings. The second-order valence-corrected chi connectivity index (χ2v) is 8.30. The van der Waals surface area contributed by atoms with Gasteiger partial charge in [0.25, 0.3) is 0 Å². The molecule has 1 aromatic carbocycles. The molecule has 2 rings (SSSR count). The molecule has 1 heteroatoms. The van der Waals surface area contributed by atoms with Crippen LogP contribution >= 0.6 is 0 Å². The summed E-state index contributed by atoms with van der Waals surface area (Å²) in [7, 11) is 1.50. The van der Waals surface area contributed by atoms with Crippen molar-refractivity contribution in [2.24, 2.45) is 17.6 Å². The second kappa shape index (κ2) is 18.4. The smallest absolute Gasteiger partial charge is 0.00857 e. The molecule has 2 unspecified atom stereocenters. The summed E-state index contributed by atoms with van der Waals surface area (Å²) in [6, 6.07) is 5.03. The van der Waals surface area contributed by atoms with Crippen LogP contribution in [0.1, 0.15) is 109 Å². The fourth-order valence-corrected chi connectivity index (χ4v) is 4.63. The minimum absolute atomic E-state index is 0.717. The average molecular weight is 416 g/mol. The number of benzene rings is 1. The first-order valence-corrected chi connectivity index (χ1v) is 12.3. The molecule has 1 aliphatic carbocycles. The summed E-state index contributed by atoms with van der Waals surface area (Å²) in [5.74, 6) is 2.27. The summed E-state index contributed by atoms with van der Waals surface area (Å²) in [5.41, 5.74) is 12.5. The van der Waals surface area contributed by atoms with Gasteiger partial charge in [-0.1, -0.05) is 78.2 Å². The first-order chi connectivity index (χ1) is 14.5. The quantitative estimate of drug-likeness (QED) is 0.349. The summed E-state index contributed by atoms with van der Waals surface area (Å²) in [6.07, 6.45) is 11.4. The van der Waals surface area contributed by atoms with E-state index in [1.165, 1.54) is 52.0 Å². The third-order valence-electron chi connectivity index (χ3n) is 6.01. The number of nitrogens with two attached hydrogens (primary N) is 1. The predicted octanol–water partition coefficient (Wildman–Crippen LogP) is 8.79. The van der Waals surface area contributed by atoms with Crippen molar-refractivity contribution in [2.75, 3.05) is 7.05 Å². The molecule has 0 heterocycles. The first kappa shape index (κ1) is 30.9. The molecule has 1 aromatic rings. The first-order valence-electron chi connectivity index (χ1n) is 12.3. The molecule has 0 aliphatic heterocycles. The van der Waals surface area contributed by atoms with Crippen molar-refractivity contribution in [1.29, 1.82) is 0 Å². The molecule has 0 spiro atoms. The van der Waals surface area contributed by atoms with Crippen LogP contribution in [0.3, 0.4) is 0 Å². The third-order valence-corrected chi connectivity index (χ3v) is 6.01. The third kappa shape index (κ3) is 9.65. The van der Waals surface area contributed by atoms with Gasteiger partial charge in [0, 0.05) is 0 Å². The Balaban J connectivity index is 0. The van der Waals surface area contributed by atoms with Gasteiger partial charge in [-0.3, -0.25) is 0 Å². The number of hydrogen-bond donors (Lipinski definition) is 1. The van der Waals surface area contributed by atoms with E-state index in [9.17, 15) is 0 Å². The Morgan fingerprint density at radius 1 is 1.03 bits per heavy atom. The van der Waals surface area contributed by atoms with E-state index >= 15 is 0 Å². The van der Waals surface area contributed by atoms with Gasteiger partial charge in [0.15, 0.2) is 0 Å². The van der Waals surface area contributed by atoms with Crippen LogP contribution in [0.4, 0.5) is 0 Å². The Bertz CT molecular complexity index is 582. The molecule has 0 amide bonds. The number of aryl methyl sites for hydroxylation is 3. The van der Waals surface area contributed by atoms with Crippen LogP contribution in [0.5, 0.6) is 0 Å². The Kier molecular flexibility index (Phi) is 19.0. The van der Waals surface area contributed by atoms with Gasteiger partial charge in [-0.2, -0.15) is 0 Å². The van der Waals surface area contributed by atoms with Crippen LogP contribution < -0.4 is 5.73 Å². The van der Waals surface area contributed by atoms with Gasteiger partial charge in [0.05, 0.1) is 0 Å². The molecule has 1 nitrogen and oxygen atoms in total. The van der Waals surface area contributed by atoms with Gasteiger partial charge < -0.3 is 5.73 Å². The molecular weight excluding hydrogens is 362 g/mol. The van der Waals surface area contributed by atoms with Crippen molar-refractivity contribution in [1.82, 2.24) is 0 Å². The summed E-state index contributed by atoms with van der Waals surface area (Å²) >= 11 is 0. The lowest BCUT2D eigenvalue weighted by Crippen LogP contribution is -2.23. The topological polar surface area (TPSA) is 26.0 Å². The highest BCUT2D eigenvalue weighted by atomic mass is 14.4. The van der Waals surface area contributed by atoms with E-state index in [1.54, 1.807) is 27.8 Å². The van der Waals surface area contributed by atoms with E-state index < -0.39 is 0 Å². The molecule has 174 valence electrons. The standard InChI is InChI=1S/C24H38.C2H6.C2H4.CH5N/c1-7-9-10-11-20-15-19(6)24(21(8-2)16-20)23-14-18(5)12-13-22(23)17(3)4;3*1-2/h12,15-17,22-23H,7-11,13-14H2,1-6H3;1-2H3;1-2H2;2H2,1H3. The number of rotatable bonds is 7. The fourth-order valence-electron chi connectivity index (χ4n) is 4.63. The summed E-state index contributed by atoms with van der Waals surface area (Å²) in [4.78, 5) is 0. The Morgan fingerprint density at radius 2 is 1.63 bits per heavy atom. The lowest BCUT2D eigenvalue weighted by Gasteiger charge is -2.36. The Morgan fingerprint density at radius 3 is 2.13 bits per heavy atom. The average Bonchev–Trinajstić information content (AvgIpc) is 2.77. The lowest BCUT2D eigenvalue weighted by molar-refractivity contribution is 0.303. The van der Waals surface area contributed by atoms with Crippen molar-refractivity contribution in [3.05, 3.63) is 59.2 Å². The van der Waals surface area contributed by atoms with Crippen LogP contribution in [0, 0.1) is 18.8 Å². The van der Waals surface area contributed by atoms with E-state index in [2.05, 4.69) is 78.6 Å².